The SMILES string of the molecule is CCC(F)(F)CCC(COCCC(F)(F)CC(C)(F)F)OCCC[Si](OC)(OC)OC. The van der Waals surface area contributed by atoms with Crippen molar-refractivity contribution in [3.8, 4) is 0 Å². The van der Waals surface area contributed by atoms with Crippen molar-refractivity contribution in [1.82, 2.24) is 0 Å². The maximum absolute atomic E-state index is 13.6. The van der Waals surface area contributed by atoms with E-state index in [4.69, 9.17) is 22.8 Å². The highest BCUT2D eigenvalue weighted by molar-refractivity contribution is 6.60. The van der Waals surface area contributed by atoms with Gasteiger partial charge >= 0.3 is 8.80 Å². The number of halogens is 6. The third kappa shape index (κ3) is 14.4. The first-order valence-corrected chi connectivity index (χ1v) is 12.1. The zero-order chi connectivity index (χ0) is 24.2. The number of hydrogen-bond acceptors (Lipinski definition) is 5. The highest BCUT2D eigenvalue weighted by Gasteiger charge is 2.40. The molecule has 0 aromatic heterocycles. The third-order valence-corrected chi connectivity index (χ3v) is 7.58. The molecule has 0 heterocycles. The second-order valence-corrected chi connectivity index (χ2v) is 10.7. The molecule has 0 rings (SSSR count). The predicted octanol–water partition coefficient (Wildman–Crippen LogP) is 5.55. The summed E-state index contributed by atoms with van der Waals surface area (Å²) in [5, 5.41) is 0. The van der Waals surface area contributed by atoms with Crippen molar-refractivity contribution < 1.29 is 49.1 Å². The van der Waals surface area contributed by atoms with Crippen molar-refractivity contribution in [1.29, 1.82) is 0 Å². The molecule has 0 saturated heterocycles. The van der Waals surface area contributed by atoms with Crippen LogP contribution in [-0.2, 0) is 22.8 Å². The average molecular weight is 487 g/mol. The summed E-state index contributed by atoms with van der Waals surface area (Å²) in [6, 6.07) is 0.437. The molecule has 188 valence electrons. The molecule has 0 aliphatic carbocycles. The second-order valence-electron chi connectivity index (χ2n) is 7.57. The molecule has 0 aliphatic rings. The Bertz CT molecular complexity index is 467. The van der Waals surface area contributed by atoms with Gasteiger partial charge in [-0.2, -0.15) is 0 Å². The molecule has 0 fully saturated rings. The molecule has 0 radical (unpaired) electrons. The molecule has 0 aliphatic heterocycles. The monoisotopic (exact) mass is 486 g/mol. The van der Waals surface area contributed by atoms with Crippen LogP contribution < -0.4 is 0 Å². The van der Waals surface area contributed by atoms with E-state index in [-0.39, 0.29) is 26.1 Å². The van der Waals surface area contributed by atoms with Crippen molar-refractivity contribution in [2.75, 3.05) is 41.2 Å². The number of ether oxygens (including phenoxy) is 2. The summed E-state index contributed by atoms with van der Waals surface area (Å²) in [6.07, 6.45) is -3.56. The van der Waals surface area contributed by atoms with Crippen LogP contribution in [0, 0.1) is 0 Å². The maximum atomic E-state index is 13.6. The van der Waals surface area contributed by atoms with E-state index in [1.807, 2.05) is 0 Å². The zero-order valence-corrected chi connectivity index (χ0v) is 20.0. The Labute approximate surface area is 182 Å². The largest absolute Gasteiger partial charge is 0.500 e. The average Bonchev–Trinajstić information content (AvgIpc) is 2.67. The minimum absolute atomic E-state index is 0.0360. The van der Waals surface area contributed by atoms with Crippen molar-refractivity contribution in [3.63, 3.8) is 0 Å². The van der Waals surface area contributed by atoms with Crippen LogP contribution in [-0.4, -0.2) is 73.8 Å². The van der Waals surface area contributed by atoms with Gasteiger partial charge in [0.25, 0.3) is 11.8 Å². The van der Waals surface area contributed by atoms with E-state index < -0.39 is 58.5 Å². The first-order chi connectivity index (χ1) is 14.2. The van der Waals surface area contributed by atoms with Gasteiger partial charge in [-0.15, -0.1) is 0 Å². The summed E-state index contributed by atoms with van der Waals surface area (Å²) in [5.74, 6) is -9.95. The van der Waals surface area contributed by atoms with Crippen molar-refractivity contribution >= 4 is 8.80 Å². The van der Waals surface area contributed by atoms with Crippen molar-refractivity contribution in [2.24, 2.45) is 0 Å². The minimum atomic E-state index is -3.59. The van der Waals surface area contributed by atoms with Gasteiger partial charge < -0.3 is 22.8 Å². The van der Waals surface area contributed by atoms with Gasteiger partial charge in [-0.1, -0.05) is 6.92 Å². The van der Waals surface area contributed by atoms with Gasteiger partial charge in [0.1, 0.15) is 0 Å². The third-order valence-electron chi connectivity index (χ3n) is 4.75. The molecule has 1 atom stereocenters. The summed E-state index contributed by atoms with van der Waals surface area (Å²) in [5.41, 5.74) is 0. The lowest BCUT2D eigenvalue weighted by atomic mass is 10.1. The van der Waals surface area contributed by atoms with Gasteiger partial charge in [-0.25, -0.2) is 26.3 Å². The maximum Gasteiger partial charge on any atom is 0.500 e. The van der Waals surface area contributed by atoms with Gasteiger partial charge in [0.05, 0.1) is 25.7 Å². The highest BCUT2D eigenvalue weighted by Crippen LogP contribution is 2.32. The van der Waals surface area contributed by atoms with Crippen LogP contribution in [0.15, 0.2) is 0 Å². The normalized spacial score (nSPS) is 14.8. The Morgan fingerprint density at radius 1 is 0.839 bits per heavy atom. The molecule has 0 spiro atoms. The van der Waals surface area contributed by atoms with Gasteiger partial charge in [0, 0.05) is 53.2 Å². The first-order valence-electron chi connectivity index (χ1n) is 10.2. The summed E-state index contributed by atoms with van der Waals surface area (Å²) in [6.45, 7) is 1.28. The molecule has 5 nitrogen and oxygen atoms in total. The highest BCUT2D eigenvalue weighted by atomic mass is 28.4. The number of alkyl halides is 6. The van der Waals surface area contributed by atoms with E-state index in [0.29, 0.717) is 19.4 Å². The van der Waals surface area contributed by atoms with E-state index >= 15 is 0 Å². The standard InChI is InChI=1S/C19H36F6O5Si/c1-6-18(22,23)9-8-16(30-11-7-13-31(26-3,27-4)28-5)14-29-12-10-19(24,25)15-17(2,20)21/h16H,6-15H2,1-5H3. The summed E-state index contributed by atoms with van der Waals surface area (Å²) < 4.78 is 106. The van der Waals surface area contributed by atoms with E-state index in [9.17, 15) is 26.3 Å². The summed E-state index contributed by atoms with van der Waals surface area (Å²) >= 11 is 0. The van der Waals surface area contributed by atoms with Gasteiger partial charge in [0.15, 0.2) is 0 Å². The first kappa shape index (κ1) is 30.6. The lowest BCUT2D eigenvalue weighted by Crippen LogP contribution is -2.42. The molecular weight excluding hydrogens is 450 g/mol. The molecule has 0 aromatic carbocycles. The topological polar surface area (TPSA) is 46.2 Å². The molecule has 1 unspecified atom stereocenters. The molecule has 31 heavy (non-hydrogen) atoms. The predicted molar refractivity (Wildman–Crippen MR) is 106 cm³/mol. The quantitative estimate of drug-likeness (QED) is 0.136. The molecule has 0 N–H and O–H groups in total. The lowest BCUT2D eigenvalue weighted by Gasteiger charge is -2.25. The molecule has 0 aromatic rings. The van der Waals surface area contributed by atoms with Crippen LogP contribution in [0.5, 0.6) is 0 Å². The van der Waals surface area contributed by atoms with Crippen LogP contribution >= 0.6 is 0 Å². The zero-order valence-electron chi connectivity index (χ0n) is 19.0. The van der Waals surface area contributed by atoms with Crippen LogP contribution in [0.3, 0.4) is 0 Å². The van der Waals surface area contributed by atoms with Crippen LogP contribution in [0.25, 0.3) is 0 Å². The van der Waals surface area contributed by atoms with E-state index in [1.165, 1.54) is 28.3 Å². The Morgan fingerprint density at radius 2 is 1.42 bits per heavy atom. The molecule has 0 bridgehead atoms. The molecular formula is C19H36F6O5Si. The summed E-state index contributed by atoms with van der Waals surface area (Å²) in [7, 11) is 1.61. The molecule has 12 heteroatoms. The minimum Gasteiger partial charge on any atom is -0.379 e. The van der Waals surface area contributed by atoms with Crippen molar-refractivity contribution in [2.45, 2.75) is 82.3 Å². The smallest absolute Gasteiger partial charge is 0.379 e. The second kappa shape index (κ2) is 14.0. The Kier molecular flexibility index (Phi) is 13.8. The van der Waals surface area contributed by atoms with Crippen LogP contribution in [0.4, 0.5) is 26.3 Å². The van der Waals surface area contributed by atoms with E-state index in [0.717, 1.165) is 0 Å². The van der Waals surface area contributed by atoms with Crippen LogP contribution in [0.1, 0.15) is 52.4 Å². The Balaban J connectivity index is 4.60. The molecule has 0 amide bonds. The van der Waals surface area contributed by atoms with Gasteiger partial charge in [-0.05, 0) is 19.8 Å². The van der Waals surface area contributed by atoms with Crippen molar-refractivity contribution in [3.05, 3.63) is 0 Å². The lowest BCUT2D eigenvalue weighted by molar-refractivity contribution is -0.117. The fourth-order valence-electron chi connectivity index (χ4n) is 2.84. The number of hydrogen-bond donors (Lipinski definition) is 0. The van der Waals surface area contributed by atoms with E-state index in [2.05, 4.69) is 0 Å². The van der Waals surface area contributed by atoms with Gasteiger partial charge in [0.2, 0.25) is 5.92 Å². The fourth-order valence-corrected chi connectivity index (χ4v) is 4.53. The van der Waals surface area contributed by atoms with E-state index in [1.54, 1.807) is 0 Å². The van der Waals surface area contributed by atoms with Crippen LogP contribution in [0.2, 0.25) is 6.04 Å². The number of rotatable bonds is 19. The molecule has 0 saturated carbocycles. The van der Waals surface area contributed by atoms with Gasteiger partial charge in [-0.3, -0.25) is 0 Å². The fraction of sp³-hybridized carbons (Fsp3) is 1.00. The Morgan fingerprint density at radius 3 is 1.90 bits per heavy atom. The summed E-state index contributed by atoms with van der Waals surface area (Å²) in [4.78, 5) is 0. The Hall–Kier alpha value is -0.403.